The van der Waals surface area contributed by atoms with Crippen molar-refractivity contribution in [2.24, 2.45) is 17.0 Å². The first-order chi connectivity index (χ1) is 18.2. The molecule has 0 saturated heterocycles. The summed E-state index contributed by atoms with van der Waals surface area (Å²) in [7, 11) is 0. The zero-order chi connectivity index (χ0) is 27.4. The first-order valence-corrected chi connectivity index (χ1v) is 13.6. The van der Waals surface area contributed by atoms with Gasteiger partial charge in [0.15, 0.2) is 0 Å². The van der Waals surface area contributed by atoms with Crippen LogP contribution in [0.2, 0.25) is 0 Å². The van der Waals surface area contributed by atoms with Gasteiger partial charge in [-0.05, 0) is 72.6 Å². The van der Waals surface area contributed by atoms with Crippen LogP contribution in [0.25, 0.3) is 11.1 Å². The molecule has 202 valence electrons. The Morgan fingerprint density at radius 3 is 2.39 bits per heavy atom. The summed E-state index contributed by atoms with van der Waals surface area (Å²) in [6, 6.07) is 11.2. The van der Waals surface area contributed by atoms with Gasteiger partial charge in [0.2, 0.25) is 0 Å². The molecule has 2 aromatic rings. The maximum atomic E-state index is 12.5. The standard InChI is InChI=1S/C30H36N2O6/c1-5-15-30(4)25-17-20(11-13-23(25)24-14-12-22(32(35)36)18-26(24)30)28(31-38-27(33)6-2)19-9-8-10-21(16-19)29(34)37-7-3/h11-14,17-19,21H,5-10,15-16H2,1-4H3/b31-28-. The summed E-state index contributed by atoms with van der Waals surface area (Å²) in [5, 5.41) is 15.9. The zero-order valence-electron chi connectivity index (χ0n) is 22.6. The molecule has 0 amide bonds. The van der Waals surface area contributed by atoms with E-state index < -0.39 is 11.4 Å². The van der Waals surface area contributed by atoms with Gasteiger partial charge in [-0.25, -0.2) is 4.79 Å². The molecule has 2 aliphatic carbocycles. The highest BCUT2D eigenvalue weighted by Gasteiger charge is 2.40. The van der Waals surface area contributed by atoms with E-state index in [0.29, 0.717) is 18.7 Å². The number of hydrogen-bond donors (Lipinski definition) is 0. The topological polar surface area (TPSA) is 108 Å². The average Bonchev–Trinajstić information content (AvgIpc) is 3.16. The number of fused-ring (bicyclic) bond motifs is 3. The fourth-order valence-electron chi connectivity index (χ4n) is 6.09. The molecule has 0 heterocycles. The lowest BCUT2D eigenvalue weighted by molar-refractivity contribution is -0.384. The van der Waals surface area contributed by atoms with Crippen LogP contribution in [-0.4, -0.2) is 29.2 Å². The molecule has 1 fully saturated rings. The van der Waals surface area contributed by atoms with Gasteiger partial charge in [-0.15, -0.1) is 0 Å². The summed E-state index contributed by atoms with van der Waals surface area (Å²) in [5.41, 5.74) is 5.26. The number of non-ortho nitro benzene ring substituents is 1. The van der Waals surface area contributed by atoms with E-state index in [4.69, 9.17) is 9.57 Å². The number of oxime groups is 1. The van der Waals surface area contributed by atoms with Gasteiger partial charge in [0, 0.05) is 29.9 Å². The molecule has 0 aromatic heterocycles. The summed E-state index contributed by atoms with van der Waals surface area (Å²) in [4.78, 5) is 41.1. The molecule has 2 aromatic carbocycles. The molecular weight excluding hydrogens is 484 g/mol. The van der Waals surface area contributed by atoms with E-state index in [-0.39, 0.29) is 34.8 Å². The SMILES string of the molecule is CCCC1(C)c2cc(/C(=N\OC(=O)CC)C3CCCC(C(=O)OCC)C3)ccc2-c2ccc([N+](=O)[O-])cc21. The largest absolute Gasteiger partial charge is 0.466 e. The number of carbonyl (C=O) groups excluding carboxylic acids is 2. The van der Waals surface area contributed by atoms with Crippen molar-refractivity contribution in [3.05, 3.63) is 63.2 Å². The number of carbonyl (C=O) groups is 2. The highest BCUT2D eigenvalue weighted by atomic mass is 16.7. The fourth-order valence-corrected chi connectivity index (χ4v) is 6.09. The fraction of sp³-hybridized carbons (Fsp3) is 0.500. The molecule has 38 heavy (non-hydrogen) atoms. The van der Waals surface area contributed by atoms with Crippen LogP contribution in [0.3, 0.4) is 0 Å². The Bertz CT molecular complexity index is 1270. The Labute approximate surface area is 223 Å². The van der Waals surface area contributed by atoms with Crippen molar-refractivity contribution in [2.75, 3.05) is 6.61 Å². The Kier molecular flexibility index (Phi) is 8.29. The Hall–Kier alpha value is -3.55. The predicted octanol–water partition coefficient (Wildman–Crippen LogP) is 6.71. The second-order valence-electron chi connectivity index (χ2n) is 10.4. The van der Waals surface area contributed by atoms with Gasteiger partial charge < -0.3 is 9.57 Å². The van der Waals surface area contributed by atoms with Crippen molar-refractivity contribution in [3.8, 4) is 11.1 Å². The van der Waals surface area contributed by atoms with Gasteiger partial charge in [0.25, 0.3) is 5.69 Å². The molecule has 4 rings (SSSR count). The van der Waals surface area contributed by atoms with Gasteiger partial charge in [-0.3, -0.25) is 14.9 Å². The Balaban J connectivity index is 1.78. The van der Waals surface area contributed by atoms with Crippen LogP contribution in [0.4, 0.5) is 5.69 Å². The van der Waals surface area contributed by atoms with E-state index >= 15 is 0 Å². The molecule has 1 saturated carbocycles. The maximum absolute atomic E-state index is 12.5. The van der Waals surface area contributed by atoms with Gasteiger partial charge in [-0.2, -0.15) is 0 Å². The molecule has 0 radical (unpaired) electrons. The number of benzene rings is 2. The summed E-state index contributed by atoms with van der Waals surface area (Å²) < 4.78 is 5.30. The van der Waals surface area contributed by atoms with Crippen LogP contribution < -0.4 is 0 Å². The molecule has 0 aliphatic heterocycles. The Morgan fingerprint density at radius 1 is 1.05 bits per heavy atom. The number of ether oxygens (including phenoxy) is 1. The van der Waals surface area contributed by atoms with Gasteiger partial charge in [0.1, 0.15) is 0 Å². The van der Waals surface area contributed by atoms with Gasteiger partial charge >= 0.3 is 11.9 Å². The number of nitro groups is 1. The van der Waals surface area contributed by atoms with Gasteiger partial charge in [-0.1, -0.05) is 50.9 Å². The second kappa shape index (κ2) is 11.5. The lowest BCUT2D eigenvalue weighted by Crippen LogP contribution is -2.30. The van der Waals surface area contributed by atoms with Crippen LogP contribution in [0.15, 0.2) is 41.6 Å². The third-order valence-corrected chi connectivity index (χ3v) is 7.97. The van der Waals surface area contributed by atoms with E-state index in [2.05, 4.69) is 25.1 Å². The molecule has 2 aliphatic rings. The van der Waals surface area contributed by atoms with Crippen molar-refractivity contribution >= 4 is 23.3 Å². The summed E-state index contributed by atoms with van der Waals surface area (Å²) >= 11 is 0. The van der Waals surface area contributed by atoms with Crippen molar-refractivity contribution in [1.82, 2.24) is 0 Å². The average molecular weight is 521 g/mol. The van der Waals surface area contributed by atoms with Crippen molar-refractivity contribution in [3.63, 3.8) is 0 Å². The third kappa shape index (κ3) is 5.22. The van der Waals surface area contributed by atoms with Crippen LogP contribution >= 0.6 is 0 Å². The highest BCUT2D eigenvalue weighted by Crippen LogP contribution is 2.52. The van der Waals surface area contributed by atoms with Crippen LogP contribution in [0.1, 0.15) is 89.3 Å². The highest BCUT2D eigenvalue weighted by molar-refractivity contribution is 6.03. The predicted molar refractivity (Wildman–Crippen MR) is 145 cm³/mol. The number of rotatable bonds is 9. The molecular formula is C30H36N2O6. The first-order valence-electron chi connectivity index (χ1n) is 13.6. The first kappa shape index (κ1) is 27.5. The smallest absolute Gasteiger partial charge is 0.334 e. The number of esters is 1. The van der Waals surface area contributed by atoms with E-state index in [1.807, 2.05) is 18.2 Å². The maximum Gasteiger partial charge on any atom is 0.334 e. The normalized spacial score (nSPS) is 22.4. The number of nitro benzene ring substituents is 1. The van der Waals surface area contributed by atoms with Crippen molar-refractivity contribution in [2.45, 2.75) is 78.1 Å². The zero-order valence-corrected chi connectivity index (χ0v) is 22.6. The minimum atomic E-state index is -0.419. The molecule has 0 N–H and O–H groups in total. The summed E-state index contributed by atoms with van der Waals surface area (Å²) in [5.74, 6) is -0.894. The second-order valence-corrected chi connectivity index (χ2v) is 10.4. The minimum Gasteiger partial charge on any atom is -0.466 e. The molecule has 3 atom stereocenters. The number of nitrogens with zero attached hydrogens (tertiary/aromatic N) is 2. The van der Waals surface area contributed by atoms with Crippen LogP contribution in [0, 0.1) is 22.0 Å². The molecule has 8 nitrogen and oxygen atoms in total. The molecule has 0 bridgehead atoms. The molecule has 3 unspecified atom stereocenters. The Morgan fingerprint density at radius 2 is 1.74 bits per heavy atom. The van der Waals surface area contributed by atoms with E-state index in [9.17, 15) is 19.7 Å². The monoisotopic (exact) mass is 520 g/mol. The lowest BCUT2D eigenvalue weighted by Gasteiger charge is -2.30. The third-order valence-electron chi connectivity index (χ3n) is 7.97. The minimum absolute atomic E-state index is 0.0665. The lowest BCUT2D eigenvalue weighted by atomic mass is 9.74. The summed E-state index contributed by atoms with van der Waals surface area (Å²) in [6.07, 6.45) is 4.96. The van der Waals surface area contributed by atoms with Crippen molar-refractivity contribution in [1.29, 1.82) is 0 Å². The van der Waals surface area contributed by atoms with Crippen molar-refractivity contribution < 1.29 is 24.1 Å². The van der Waals surface area contributed by atoms with E-state index in [1.165, 1.54) is 0 Å². The van der Waals surface area contributed by atoms with E-state index in [0.717, 1.165) is 59.9 Å². The van der Waals surface area contributed by atoms with Gasteiger partial charge in [0.05, 0.1) is 23.2 Å². The molecule has 0 spiro atoms. The number of hydrogen-bond acceptors (Lipinski definition) is 7. The molecule has 8 heteroatoms. The van der Waals surface area contributed by atoms with Crippen LogP contribution in [0.5, 0.6) is 0 Å². The quantitative estimate of drug-likeness (QED) is 0.120. The van der Waals surface area contributed by atoms with E-state index in [1.54, 1.807) is 26.0 Å². The van der Waals surface area contributed by atoms with Crippen LogP contribution in [-0.2, 0) is 24.6 Å². The summed E-state index contributed by atoms with van der Waals surface area (Å²) in [6.45, 7) is 8.12.